The van der Waals surface area contributed by atoms with Gasteiger partial charge in [0.25, 0.3) is 11.8 Å². The van der Waals surface area contributed by atoms with Crippen molar-refractivity contribution in [2.75, 3.05) is 28.7 Å². The zero-order chi connectivity index (χ0) is 31.8. The van der Waals surface area contributed by atoms with Crippen LogP contribution in [-0.4, -0.2) is 78.0 Å². The smallest absolute Gasteiger partial charge is 0.350 e. The minimum Gasteiger partial charge on any atom is -0.543 e. The number of anilines is 3. The normalized spacial score (nSPS) is 18.7. The number of aromatic nitrogens is 3. The Labute approximate surface area is 257 Å². The van der Waals surface area contributed by atoms with E-state index in [1.54, 1.807) is 11.5 Å². The van der Waals surface area contributed by atoms with Crippen LogP contribution in [0.1, 0.15) is 32.0 Å². The number of thiazole rings is 1. The minimum absolute atomic E-state index is 0.00561. The van der Waals surface area contributed by atoms with Crippen LogP contribution in [0.3, 0.4) is 0 Å². The molecule has 8 N–H and O–H groups in total. The molecule has 0 aliphatic carbocycles. The maximum Gasteiger partial charge on any atom is 0.350 e. The molecule has 0 aromatic carbocycles. The van der Waals surface area contributed by atoms with Crippen LogP contribution < -0.4 is 32.2 Å². The number of rotatable bonds is 11. The molecular weight excluding hydrogens is 623 g/mol. The molecule has 0 spiro atoms. The fourth-order valence-corrected chi connectivity index (χ4v) is 7.15. The van der Waals surface area contributed by atoms with E-state index in [9.17, 15) is 29.4 Å². The maximum atomic E-state index is 13.2. The van der Waals surface area contributed by atoms with Crippen molar-refractivity contribution < 1.29 is 38.8 Å². The molecule has 43 heavy (non-hydrogen) atoms. The van der Waals surface area contributed by atoms with Crippen LogP contribution in [0.4, 0.5) is 16.8 Å². The number of β-lactam (4-membered cyclic amide) rings is 1. The molecule has 2 amide bonds. The number of fused-ring (bicyclic) bond motifs is 1. The van der Waals surface area contributed by atoms with Crippen LogP contribution in [0, 0.1) is 6.92 Å². The van der Waals surface area contributed by atoms with E-state index < -0.39 is 46.5 Å². The van der Waals surface area contributed by atoms with Gasteiger partial charge in [0.1, 0.15) is 17.1 Å². The molecule has 4 heterocycles. The zero-order valence-corrected chi connectivity index (χ0v) is 25.9. The van der Waals surface area contributed by atoms with Crippen LogP contribution >= 0.6 is 34.9 Å². The van der Waals surface area contributed by atoms with Crippen molar-refractivity contribution in [3.05, 3.63) is 27.9 Å². The summed E-state index contributed by atoms with van der Waals surface area (Å²) in [4.78, 5) is 64.7. The Kier molecular flexibility index (Phi) is 9.07. The number of nitrogens with one attached hydrogen (secondary N) is 1. The molecule has 0 radical (unpaired) electrons. The van der Waals surface area contributed by atoms with E-state index in [0.29, 0.717) is 28.7 Å². The predicted molar refractivity (Wildman–Crippen MR) is 157 cm³/mol. The van der Waals surface area contributed by atoms with Gasteiger partial charge in [-0.15, -0.1) is 23.1 Å². The van der Waals surface area contributed by atoms with Gasteiger partial charge in [0, 0.05) is 16.9 Å². The van der Waals surface area contributed by atoms with E-state index >= 15 is 0 Å². The molecule has 4 rings (SSSR count). The number of oxime groups is 1. The molecule has 230 valence electrons. The average molecular weight is 652 g/mol. The lowest BCUT2D eigenvalue weighted by Crippen LogP contribution is -2.71. The number of hydrogen-bond acceptors (Lipinski definition) is 15. The van der Waals surface area contributed by atoms with Gasteiger partial charge in [-0.2, -0.15) is 0 Å². The molecule has 16 nitrogen and oxygen atoms in total. The summed E-state index contributed by atoms with van der Waals surface area (Å²) in [7, 11) is 0. The number of carbonyl (C=O) groups excluding carboxylic acids is 3. The fraction of sp³-hybridized carbons (Fsp3) is 0.417. The van der Waals surface area contributed by atoms with Crippen molar-refractivity contribution in [3.8, 4) is 0 Å². The van der Waals surface area contributed by atoms with Crippen molar-refractivity contribution in [2.24, 2.45) is 5.16 Å². The summed E-state index contributed by atoms with van der Waals surface area (Å²) in [5.74, 6) is -3.35. The summed E-state index contributed by atoms with van der Waals surface area (Å²) in [6.45, 7) is 6.62. The van der Waals surface area contributed by atoms with E-state index in [1.807, 2.05) is 6.92 Å². The van der Waals surface area contributed by atoms with Crippen LogP contribution in [0.15, 0.2) is 27.0 Å². The summed E-state index contributed by atoms with van der Waals surface area (Å²) in [6.07, 6.45) is 0. The first-order valence-corrected chi connectivity index (χ1v) is 15.6. The number of hydrogen-bond donors (Lipinski definition) is 5. The van der Waals surface area contributed by atoms with Gasteiger partial charge in [0.15, 0.2) is 10.8 Å². The van der Waals surface area contributed by atoms with E-state index in [4.69, 9.17) is 22.0 Å². The summed E-state index contributed by atoms with van der Waals surface area (Å²) in [5.41, 5.74) is 16.5. The first-order chi connectivity index (χ1) is 20.2. The number of aliphatic carboxylic acids is 2. The maximum absolute atomic E-state index is 13.2. The molecule has 1 saturated heterocycles. The molecule has 1 fully saturated rings. The van der Waals surface area contributed by atoms with E-state index in [2.05, 4.69) is 20.4 Å². The van der Waals surface area contributed by atoms with Crippen molar-refractivity contribution >= 4 is 81.1 Å². The van der Waals surface area contributed by atoms with Crippen molar-refractivity contribution in [1.82, 2.24) is 20.2 Å². The standard InChI is InChI=1S/C24H29N9O7S3/c1-5-32-16(26)9(2)15(25)30-23(32)43-7-10-6-41-19-13(18(35)33(19)14(10)20(36)37)29-17(34)12(11-8-42-22(27)28-11)31-40-24(3,4)21(38)39/h8,13,19H,5-7H2,1-4H3,(H8,25,26,27,28,29,34,36,37,38,39)/b31-12-/t13?,19-/m1/s1. The molecule has 2 aliphatic rings. The SMILES string of the molecule is CC[n+]1c(SCC2=C(C(=O)[O-])N3C(=O)C(NC(=O)/C(=N\OC(C)(C)C(=O)O)c4csc(N)n4)[C@H]3SC2)nc(N)c(C)c1N. The highest BCUT2D eigenvalue weighted by molar-refractivity contribution is 8.01. The Balaban J connectivity index is 1.54. The molecule has 2 aromatic heterocycles. The quantitative estimate of drug-likeness (QED) is 0.0472. The van der Waals surface area contributed by atoms with Gasteiger partial charge >= 0.3 is 11.1 Å². The van der Waals surface area contributed by atoms with Crippen LogP contribution in [0.25, 0.3) is 0 Å². The van der Waals surface area contributed by atoms with Crippen molar-refractivity contribution in [1.29, 1.82) is 0 Å². The average Bonchev–Trinajstić information content (AvgIpc) is 3.38. The third-order valence-corrected chi connectivity index (χ3v) is 9.66. The third-order valence-electron chi connectivity index (χ3n) is 6.58. The Morgan fingerprint density at radius 1 is 1.33 bits per heavy atom. The van der Waals surface area contributed by atoms with Crippen molar-refractivity contribution in [3.63, 3.8) is 0 Å². The molecule has 1 unspecified atom stereocenters. The second kappa shape index (κ2) is 12.3. The third kappa shape index (κ3) is 6.18. The van der Waals surface area contributed by atoms with Gasteiger partial charge < -0.3 is 42.4 Å². The summed E-state index contributed by atoms with van der Waals surface area (Å²) in [5, 5.41) is 29.1. The number of nitrogens with two attached hydrogens (primary N) is 3. The summed E-state index contributed by atoms with van der Waals surface area (Å²) >= 11 is 3.49. The van der Waals surface area contributed by atoms with Gasteiger partial charge in [-0.1, -0.05) is 10.1 Å². The number of carboxylic acids is 2. The summed E-state index contributed by atoms with van der Waals surface area (Å²) in [6, 6.07) is -1.12. The van der Waals surface area contributed by atoms with E-state index in [-0.39, 0.29) is 33.8 Å². The van der Waals surface area contributed by atoms with Gasteiger partial charge in [0.2, 0.25) is 17.2 Å². The van der Waals surface area contributed by atoms with Crippen LogP contribution in [0.5, 0.6) is 0 Å². The van der Waals surface area contributed by atoms with Gasteiger partial charge in [-0.05, 0) is 45.0 Å². The van der Waals surface area contributed by atoms with Crippen LogP contribution in [-0.2, 0) is 30.6 Å². The first-order valence-electron chi connectivity index (χ1n) is 12.7. The highest BCUT2D eigenvalue weighted by atomic mass is 32.2. The van der Waals surface area contributed by atoms with E-state index in [0.717, 1.165) is 16.2 Å². The lowest BCUT2D eigenvalue weighted by molar-refractivity contribution is -0.720. The predicted octanol–water partition coefficient (Wildman–Crippen LogP) is -1.32. The monoisotopic (exact) mass is 651 g/mol. The number of carbonyl (C=O) groups is 4. The number of nitrogen functional groups attached to an aromatic ring is 3. The molecule has 19 heteroatoms. The second-order valence-corrected chi connectivity index (χ2v) is 12.8. The Morgan fingerprint density at radius 2 is 2.02 bits per heavy atom. The summed E-state index contributed by atoms with van der Waals surface area (Å²) < 4.78 is 1.76. The topological polar surface area (TPSA) is 256 Å². The molecule has 0 saturated carbocycles. The molecule has 0 bridgehead atoms. The highest BCUT2D eigenvalue weighted by Crippen LogP contribution is 2.41. The van der Waals surface area contributed by atoms with Crippen LogP contribution in [0.2, 0.25) is 0 Å². The lowest BCUT2D eigenvalue weighted by Gasteiger charge is -2.50. The van der Waals surface area contributed by atoms with Crippen molar-refractivity contribution in [2.45, 2.75) is 56.4 Å². The molecule has 2 aliphatic heterocycles. The zero-order valence-electron chi connectivity index (χ0n) is 23.4. The van der Waals surface area contributed by atoms with Gasteiger partial charge in [-0.3, -0.25) is 14.5 Å². The van der Waals surface area contributed by atoms with Gasteiger partial charge in [-0.25, -0.2) is 14.3 Å². The van der Waals surface area contributed by atoms with Gasteiger partial charge in [0.05, 0.1) is 23.8 Å². The number of amides is 2. The lowest BCUT2D eigenvalue weighted by atomic mass is 10.0. The minimum atomic E-state index is -1.78. The highest BCUT2D eigenvalue weighted by Gasteiger charge is 2.53. The Hall–Kier alpha value is -4.10. The molecule has 2 aromatic rings. The second-order valence-electron chi connectivity index (χ2n) is 9.84. The number of thioether (sulfide) groups is 2. The molecular formula is C24H29N9O7S3. The number of nitrogens with zero attached hydrogens (tertiary/aromatic N) is 5. The Morgan fingerprint density at radius 3 is 2.60 bits per heavy atom. The first kappa shape index (κ1) is 31.8. The molecule has 2 atom stereocenters. The largest absolute Gasteiger partial charge is 0.543 e. The number of carboxylic acid groups (broad SMARTS) is 2. The fourth-order valence-electron chi connectivity index (χ4n) is 4.04. The van der Waals surface area contributed by atoms with E-state index in [1.165, 1.54) is 42.8 Å². The Bertz CT molecular complexity index is 1570.